The lowest BCUT2D eigenvalue weighted by molar-refractivity contribution is 0.213. The van der Waals surface area contributed by atoms with Crippen LogP contribution < -0.4 is 10.6 Å². The van der Waals surface area contributed by atoms with Gasteiger partial charge in [-0.05, 0) is 50.6 Å². The van der Waals surface area contributed by atoms with Crippen LogP contribution in [-0.4, -0.2) is 18.6 Å². The first-order chi connectivity index (χ1) is 9.83. The van der Waals surface area contributed by atoms with Crippen molar-refractivity contribution in [3.8, 4) is 0 Å². The van der Waals surface area contributed by atoms with E-state index in [2.05, 4.69) is 41.8 Å². The summed E-state index contributed by atoms with van der Waals surface area (Å²) in [6.45, 7) is 4.40. The second-order valence-corrected chi connectivity index (χ2v) is 6.62. The van der Waals surface area contributed by atoms with Crippen LogP contribution in [0.4, 0.5) is 0 Å². The Morgan fingerprint density at radius 3 is 2.60 bits per heavy atom. The van der Waals surface area contributed by atoms with Crippen LogP contribution in [0.15, 0.2) is 24.3 Å². The molecule has 2 aliphatic rings. The molecular weight excluding hydrogens is 244 g/mol. The van der Waals surface area contributed by atoms with Gasteiger partial charge in [-0.25, -0.2) is 0 Å². The third kappa shape index (κ3) is 3.42. The first kappa shape index (κ1) is 14.1. The Bertz CT molecular complexity index is 406. The molecule has 1 heterocycles. The molecule has 1 saturated heterocycles. The van der Waals surface area contributed by atoms with Gasteiger partial charge in [0.2, 0.25) is 0 Å². The maximum absolute atomic E-state index is 3.84. The summed E-state index contributed by atoms with van der Waals surface area (Å²) in [6, 6.07) is 10.4. The second-order valence-electron chi connectivity index (χ2n) is 6.62. The highest BCUT2D eigenvalue weighted by molar-refractivity contribution is 5.21. The molecule has 0 aromatic heterocycles. The Morgan fingerprint density at radius 1 is 1.05 bits per heavy atom. The third-order valence-electron chi connectivity index (χ3n) is 5.12. The fourth-order valence-corrected chi connectivity index (χ4v) is 3.93. The number of benzene rings is 1. The lowest BCUT2D eigenvalue weighted by Gasteiger charge is -2.36. The number of nitrogens with one attached hydrogen (secondary N) is 2. The summed E-state index contributed by atoms with van der Waals surface area (Å²) < 4.78 is 0. The summed E-state index contributed by atoms with van der Waals surface area (Å²) in [4.78, 5) is 0. The smallest absolute Gasteiger partial charge is 0.0208 e. The third-order valence-corrected chi connectivity index (χ3v) is 5.12. The maximum Gasteiger partial charge on any atom is 0.0208 e. The normalized spacial score (nSPS) is 30.6. The molecule has 2 N–H and O–H groups in total. The van der Waals surface area contributed by atoms with Crippen LogP contribution in [0.25, 0.3) is 0 Å². The van der Waals surface area contributed by atoms with E-state index in [0.717, 1.165) is 18.5 Å². The Morgan fingerprint density at radius 2 is 1.85 bits per heavy atom. The van der Waals surface area contributed by atoms with Crippen molar-refractivity contribution < 1.29 is 0 Å². The van der Waals surface area contributed by atoms with Crippen molar-refractivity contribution in [2.75, 3.05) is 6.54 Å². The molecule has 1 aromatic carbocycles. The predicted octanol–water partition coefficient (Wildman–Crippen LogP) is 3.40. The Kier molecular flexibility index (Phi) is 4.74. The van der Waals surface area contributed by atoms with E-state index in [-0.39, 0.29) is 0 Å². The van der Waals surface area contributed by atoms with E-state index >= 15 is 0 Å². The SMILES string of the molecule is Cc1ccc(CNC2CCCCC2C2CCCN2)cc1. The van der Waals surface area contributed by atoms with E-state index in [0.29, 0.717) is 6.04 Å². The minimum Gasteiger partial charge on any atom is -0.314 e. The molecule has 2 nitrogen and oxygen atoms in total. The fourth-order valence-electron chi connectivity index (χ4n) is 3.93. The molecule has 110 valence electrons. The van der Waals surface area contributed by atoms with Gasteiger partial charge in [0.1, 0.15) is 0 Å². The highest BCUT2D eigenvalue weighted by atomic mass is 15.0. The minimum atomic E-state index is 0.709. The molecule has 20 heavy (non-hydrogen) atoms. The monoisotopic (exact) mass is 272 g/mol. The molecule has 0 radical (unpaired) electrons. The zero-order chi connectivity index (χ0) is 13.8. The van der Waals surface area contributed by atoms with Crippen LogP contribution in [0, 0.1) is 12.8 Å². The van der Waals surface area contributed by atoms with Crippen molar-refractivity contribution in [2.45, 2.75) is 64.1 Å². The topological polar surface area (TPSA) is 24.1 Å². The largest absolute Gasteiger partial charge is 0.314 e. The van der Waals surface area contributed by atoms with Crippen LogP contribution in [0.1, 0.15) is 49.7 Å². The summed E-state index contributed by atoms with van der Waals surface area (Å²) >= 11 is 0. The van der Waals surface area contributed by atoms with Gasteiger partial charge in [-0.3, -0.25) is 0 Å². The molecule has 0 amide bonds. The van der Waals surface area contributed by atoms with Gasteiger partial charge in [0.15, 0.2) is 0 Å². The van der Waals surface area contributed by atoms with Crippen LogP contribution in [-0.2, 0) is 6.54 Å². The highest BCUT2D eigenvalue weighted by Gasteiger charge is 2.32. The number of rotatable bonds is 4. The van der Waals surface area contributed by atoms with Gasteiger partial charge in [-0.1, -0.05) is 42.7 Å². The van der Waals surface area contributed by atoms with Gasteiger partial charge in [-0.15, -0.1) is 0 Å². The Hall–Kier alpha value is -0.860. The van der Waals surface area contributed by atoms with E-state index in [1.54, 1.807) is 0 Å². The van der Waals surface area contributed by atoms with Crippen LogP contribution in [0.2, 0.25) is 0 Å². The molecule has 1 aliphatic carbocycles. The van der Waals surface area contributed by atoms with Crippen molar-refractivity contribution in [1.29, 1.82) is 0 Å². The molecule has 0 spiro atoms. The summed E-state index contributed by atoms with van der Waals surface area (Å²) in [5.41, 5.74) is 2.76. The standard InChI is InChI=1S/C18H28N2/c1-14-8-10-15(11-9-14)13-20-18-6-3-2-5-16(18)17-7-4-12-19-17/h8-11,16-20H,2-7,12-13H2,1H3. The minimum absolute atomic E-state index is 0.709. The van der Waals surface area contributed by atoms with E-state index in [4.69, 9.17) is 0 Å². The lowest BCUT2D eigenvalue weighted by atomic mass is 9.79. The average Bonchev–Trinajstić information content (AvgIpc) is 3.01. The predicted molar refractivity (Wildman–Crippen MR) is 84.8 cm³/mol. The molecule has 1 aliphatic heterocycles. The van der Waals surface area contributed by atoms with Crippen molar-refractivity contribution in [3.63, 3.8) is 0 Å². The Balaban J connectivity index is 1.57. The van der Waals surface area contributed by atoms with E-state index < -0.39 is 0 Å². The van der Waals surface area contributed by atoms with Crippen molar-refractivity contribution in [1.82, 2.24) is 10.6 Å². The first-order valence-corrected chi connectivity index (χ1v) is 8.35. The van der Waals surface area contributed by atoms with Crippen LogP contribution in [0.5, 0.6) is 0 Å². The van der Waals surface area contributed by atoms with Crippen molar-refractivity contribution in [3.05, 3.63) is 35.4 Å². The Labute approximate surface area is 123 Å². The highest BCUT2D eigenvalue weighted by Crippen LogP contribution is 2.30. The molecular formula is C18H28N2. The number of hydrogen-bond donors (Lipinski definition) is 2. The molecule has 3 rings (SSSR count). The first-order valence-electron chi connectivity index (χ1n) is 8.35. The maximum atomic E-state index is 3.84. The van der Waals surface area contributed by atoms with Crippen molar-refractivity contribution >= 4 is 0 Å². The van der Waals surface area contributed by atoms with Gasteiger partial charge in [0.25, 0.3) is 0 Å². The quantitative estimate of drug-likeness (QED) is 0.878. The summed E-state index contributed by atoms with van der Waals surface area (Å²) in [7, 11) is 0. The molecule has 2 fully saturated rings. The lowest BCUT2D eigenvalue weighted by Crippen LogP contribution is -2.46. The fraction of sp³-hybridized carbons (Fsp3) is 0.667. The molecule has 0 bridgehead atoms. The van der Waals surface area contributed by atoms with E-state index in [1.807, 2.05) is 0 Å². The summed E-state index contributed by atoms with van der Waals surface area (Å²) in [5, 5.41) is 7.57. The molecule has 1 aromatic rings. The summed E-state index contributed by atoms with van der Waals surface area (Å²) in [6.07, 6.45) is 8.33. The van der Waals surface area contributed by atoms with Gasteiger partial charge < -0.3 is 10.6 Å². The second kappa shape index (κ2) is 6.73. The zero-order valence-corrected chi connectivity index (χ0v) is 12.7. The number of hydrogen-bond acceptors (Lipinski definition) is 2. The van der Waals surface area contributed by atoms with Crippen molar-refractivity contribution in [2.24, 2.45) is 5.92 Å². The van der Waals surface area contributed by atoms with Crippen LogP contribution in [0.3, 0.4) is 0 Å². The molecule has 3 atom stereocenters. The van der Waals surface area contributed by atoms with Crippen LogP contribution >= 0.6 is 0 Å². The van der Waals surface area contributed by atoms with E-state index in [9.17, 15) is 0 Å². The molecule has 2 heteroatoms. The van der Waals surface area contributed by atoms with Gasteiger partial charge in [-0.2, -0.15) is 0 Å². The summed E-state index contributed by atoms with van der Waals surface area (Å²) in [5.74, 6) is 0.844. The average molecular weight is 272 g/mol. The zero-order valence-electron chi connectivity index (χ0n) is 12.7. The molecule has 1 saturated carbocycles. The van der Waals surface area contributed by atoms with Gasteiger partial charge in [0, 0.05) is 18.6 Å². The van der Waals surface area contributed by atoms with E-state index in [1.165, 1.54) is 56.2 Å². The molecule has 3 unspecified atom stereocenters. The van der Waals surface area contributed by atoms with Gasteiger partial charge in [0.05, 0.1) is 0 Å². The number of aryl methyl sites for hydroxylation is 1. The van der Waals surface area contributed by atoms with Gasteiger partial charge >= 0.3 is 0 Å².